The monoisotopic (exact) mass is 230 g/mol. The Morgan fingerprint density at radius 1 is 1.67 bits per heavy atom. The molecule has 64 valence electrons. The maximum absolute atomic E-state index is 9.92. The van der Waals surface area contributed by atoms with Crippen LogP contribution in [0.4, 0.5) is 0 Å². The van der Waals surface area contributed by atoms with Crippen molar-refractivity contribution in [2.45, 2.75) is 6.54 Å². The number of hydrogen-bond acceptors (Lipinski definition) is 4. The molecular weight excluding hydrogens is 224 g/mol. The van der Waals surface area contributed by atoms with Gasteiger partial charge in [-0.15, -0.1) is 0 Å². The molecule has 0 aliphatic carbocycles. The minimum absolute atomic E-state index is 0.0731. The van der Waals surface area contributed by atoms with Crippen molar-refractivity contribution in [2.75, 3.05) is 7.11 Å². The number of methoxy groups -OCH3 is 1. The summed E-state index contributed by atoms with van der Waals surface area (Å²) in [7, 11) is 1.52. The smallest absolute Gasteiger partial charge is 0.227 e. The minimum Gasteiger partial charge on any atom is -0.480 e. The molecule has 4 nitrogen and oxygen atoms in total. The van der Waals surface area contributed by atoms with Gasteiger partial charge in [-0.1, -0.05) is 5.18 Å². The Labute approximate surface area is 78.1 Å². The molecule has 0 amide bonds. The van der Waals surface area contributed by atoms with E-state index in [4.69, 9.17) is 4.74 Å². The van der Waals surface area contributed by atoms with Gasteiger partial charge in [0.15, 0.2) is 0 Å². The first-order valence-corrected chi connectivity index (χ1v) is 4.05. The lowest BCUT2D eigenvalue weighted by Crippen LogP contribution is -1.93. The molecule has 0 radical (unpaired) electrons. The summed E-state index contributed by atoms with van der Waals surface area (Å²) in [5, 5.41) is 2.73. The largest absolute Gasteiger partial charge is 0.480 e. The fraction of sp³-hybridized carbons (Fsp3) is 0.286. The third-order valence-electron chi connectivity index (χ3n) is 1.29. The van der Waals surface area contributed by atoms with Crippen molar-refractivity contribution >= 4 is 15.9 Å². The first-order valence-electron chi connectivity index (χ1n) is 3.26. The van der Waals surface area contributed by atoms with Crippen LogP contribution in [0.3, 0.4) is 0 Å². The molecule has 0 aliphatic rings. The first-order chi connectivity index (χ1) is 5.77. The molecule has 0 aliphatic heterocycles. The third-order valence-corrected chi connectivity index (χ3v) is 1.89. The van der Waals surface area contributed by atoms with Crippen LogP contribution in [-0.2, 0) is 6.54 Å². The standard InChI is InChI=1S/C7H7BrN2O2/c1-12-7-6(8)3-2-5(10-7)4-9-11/h2-3H,4H2,1H3. The maximum atomic E-state index is 9.92. The van der Waals surface area contributed by atoms with Crippen LogP contribution in [0.1, 0.15) is 5.69 Å². The lowest BCUT2D eigenvalue weighted by atomic mass is 10.3. The zero-order valence-corrected chi connectivity index (χ0v) is 8.04. The molecule has 0 aromatic carbocycles. The predicted molar refractivity (Wildman–Crippen MR) is 48.0 cm³/mol. The van der Waals surface area contributed by atoms with Gasteiger partial charge >= 0.3 is 0 Å². The zero-order valence-electron chi connectivity index (χ0n) is 6.45. The van der Waals surface area contributed by atoms with Gasteiger partial charge in [0.05, 0.1) is 17.3 Å². The van der Waals surface area contributed by atoms with Gasteiger partial charge in [-0.2, -0.15) is 4.91 Å². The lowest BCUT2D eigenvalue weighted by Gasteiger charge is -2.02. The fourth-order valence-electron chi connectivity index (χ4n) is 0.759. The van der Waals surface area contributed by atoms with Crippen LogP contribution in [0.15, 0.2) is 21.8 Å². The number of nitroso groups, excluding NO2 is 1. The number of aromatic nitrogens is 1. The number of nitrogens with zero attached hydrogens (tertiary/aromatic N) is 2. The molecule has 1 aromatic rings. The van der Waals surface area contributed by atoms with Gasteiger partial charge in [0.1, 0.15) is 6.54 Å². The topological polar surface area (TPSA) is 51.6 Å². The average molecular weight is 231 g/mol. The van der Waals surface area contributed by atoms with E-state index in [0.717, 1.165) is 4.47 Å². The molecular formula is C7H7BrN2O2. The number of hydrogen-bond donors (Lipinski definition) is 0. The van der Waals surface area contributed by atoms with Crippen LogP contribution < -0.4 is 4.74 Å². The highest BCUT2D eigenvalue weighted by Gasteiger charge is 2.02. The van der Waals surface area contributed by atoms with E-state index in [9.17, 15) is 4.91 Å². The molecule has 0 unspecified atom stereocenters. The van der Waals surface area contributed by atoms with Gasteiger partial charge in [0.2, 0.25) is 5.88 Å². The van der Waals surface area contributed by atoms with E-state index >= 15 is 0 Å². The molecule has 0 saturated carbocycles. The Morgan fingerprint density at radius 3 is 3.00 bits per heavy atom. The molecule has 1 rings (SSSR count). The van der Waals surface area contributed by atoms with Crippen LogP contribution in [0, 0.1) is 4.91 Å². The van der Waals surface area contributed by atoms with Gasteiger partial charge in [0.25, 0.3) is 0 Å². The van der Waals surface area contributed by atoms with Gasteiger partial charge in [-0.05, 0) is 28.1 Å². The quantitative estimate of drug-likeness (QED) is 0.748. The minimum atomic E-state index is 0.0731. The van der Waals surface area contributed by atoms with Crippen LogP contribution in [0.25, 0.3) is 0 Å². The summed E-state index contributed by atoms with van der Waals surface area (Å²) in [6.45, 7) is 0.0731. The van der Waals surface area contributed by atoms with Crippen molar-refractivity contribution in [1.82, 2.24) is 4.98 Å². The Bertz CT molecular complexity index is 291. The van der Waals surface area contributed by atoms with Gasteiger partial charge in [-0.3, -0.25) is 0 Å². The summed E-state index contributed by atoms with van der Waals surface area (Å²) in [4.78, 5) is 13.9. The maximum Gasteiger partial charge on any atom is 0.227 e. The Kier molecular flexibility index (Phi) is 3.16. The molecule has 5 heteroatoms. The molecule has 0 atom stereocenters. The second-order valence-electron chi connectivity index (χ2n) is 2.08. The molecule has 0 saturated heterocycles. The van der Waals surface area contributed by atoms with E-state index in [1.807, 2.05) is 0 Å². The predicted octanol–water partition coefficient (Wildman–Crippen LogP) is 2.12. The molecule has 1 heterocycles. The normalized spacial score (nSPS) is 9.50. The summed E-state index contributed by atoms with van der Waals surface area (Å²) >= 11 is 3.25. The van der Waals surface area contributed by atoms with Crippen molar-refractivity contribution < 1.29 is 4.74 Å². The van der Waals surface area contributed by atoms with Gasteiger partial charge < -0.3 is 4.74 Å². The second kappa shape index (κ2) is 4.15. The highest BCUT2D eigenvalue weighted by Crippen LogP contribution is 2.21. The second-order valence-corrected chi connectivity index (χ2v) is 2.94. The van der Waals surface area contributed by atoms with Crippen LogP contribution in [0.2, 0.25) is 0 Å². The fourth-order valence-corrected chi connectivity index (χ4v) is 1.14. The van der Waals surface area contributed by atoms with Gasteiger partial charge in [0, 0.05) is 0 Å². The first kappa shape index (κ1) is 9.12. The number of rotatable bonds is 3. The van der Waals surface area contributed by atoms with Crippen molar-refractivity contribution in [3.63, 3.8) is 0 Å². The van der Waals surface area contributed by atoms with Crippen molar-refractivity contribution in [1.29, 1.82) is 0 Å². The Balaban J connectivity index is 2.96. The molecule has 1 aromatic heterocycles. The number of pyridine rings is 1. The van der Waals surface area contributed by atoms with E-state index in [2.05, 4.69) is 26.1 Å². The van der Waals surface area contributed by atoms with Crippen LogP contribution >= 0.6 is 15.9 Å². The molecule has 0 spiro atoms. The van der Waals surface area contributed by atoms with Crippen LogP contribution in [0.5, 0.6) is 5.88 Å². The summed E-state index contributed by atoms with van der Waals surface area (Å²) in [5.41, 5.74) is 0.602. The van der Waals surface area contributed by atoms with Gasteiger partial charge in [-0.25, -0.2) is 4.98 Å². The van der Waals surface area contributed by atoms with Crippen LogP contribution in [-0.4, -0.2) is 12.1 Å². The summed E-state index contributed by atoms with van der Waals surface area (Å²) in [6.07, 6.45) is 0. The average Bonchev–Trinajstić information content (AvgIpc) is 2.09. The highest BCUT2D eigenvalue weighted by atomic mass is 79.9. The zero-order chi connectivity index (χ0) is 8.97. The number of halogens is 1. The third kappa shape index (κ3) is 2.01. The molecule has 0 bridgehead atoms. The molecule has 12 heavy (non-hydrogen) atoms. The molecule has 0 N–H and O–H groups in total. The van der Waals surface area contributed by atoms with Crippen molar-refractivity contribution in [3.8, 4) is 5.88 Å². The van der Waals surface area contributed by atoms with Crippen molar-refractivity contribution in [3.05, 3.63) is 27.2 Å². The van der Waals surface area contributed by atoms with E-state index in [0.29, 0.717) is 11.6 Å². The summed E-state index contributed by atoms with van der Waals surface area (Å²) < 4.78 is 5.69. The van der Waals surface area contributed by atoms with E-state index in [1.54, 1.807) is 12.1 Å². The summed E-state index contributed by atoms with van der Waals surface area (Å²) in [6, 6.07) is 3.49. The SMILES string of the molecule is COc1nc(CN=O)ccc1Br. The Morgan fingerprint density at radius 2 is 2.42 bits per heavy atom. The van der Waals surface area contributed by atoms with Crippen molar-refractivity contribution in [2.24, 2.45) is 5.18 Å². The van der Waals surface area contributed by atoms with E-state index in [1.165, 1.54) is 7.11 Å². The number of ether oxygens (including phenoxy) is 1. The lowest BCUT2D eigenvalue weighted by molar-refractivity contribution is 0.393. The van der Waals surface area contributed by atoms with E-state index < -0.39 is 0 Å². The molecule has 0 fully saturated rings. The highest BCUT2D eigenvalue weighted by molar-refractivity contribution is 9.10. The summed E-state index contributed by atoms with van der Waals surface area (Å²) in [5.74, 6) is 0.469. The Hall–Kier alpha value is -0.970. The van der Waals surface area contributed by atoms with E-state index in [-0.39, 0.29) is 6.54 Å².